The molecule has 0 saturated carbocycles. The fraction of sp³-hybridized carbons (Fsp3) is 0.588. The molecule has 0 bridgehead atoms. The molecule has 23 heavy (non-hydrogen) atoms. The Labute approximate surface area is 156 Å². The predicted octanol–water partition coefficient (Wildman–Crippen LogP) is 3.40. The Hall–Kier alpha value is -0.590. The lowest BCUT2D eigenvalue weighted by atomic mass is 10.1. The molecule has 0 atom stereocenters. The van der Waals surface area contributed by atoms with Crippen LogP contribution in [0.5, 0.6) is 5.75 Å². The standard InChI is InChI=1S/C17H26Br2N2O2/c1-21(2,3)9-7-5-6-8-20-16(22)12-13-10-14(18)17(23-4)15(19)11-13/h10-11H,5-9,12H2,1-4H3. The third-order valence-corrected chi connectivity index (χ3v) is 4.57. The SMILES string of the molecule is COc1c(Br)cc(CC([O-])=NCCCCC[N+](C)(C)C)cc1Br. The molecule has 1 rings (SSSR count). The molecule has 0 spiro atoms. The molecule has 0 fully saturated rings. The third-order valence-electron chi connectivity index (χ3n) is 3.39. The van der Waals surface area contributed by atoms with Crippen LogP contribution in [0.15, 0.2) is 26.1 Å². The summed E-state index contributed by atoms with van der Waals surface area (Å²) < 4.78 is 7.90. The number of ether oxygens (including phenoxy) is 1. The number of aliphatic imine (C=N–C) groups is 1. The van der Waals surface area contributed by atoms with Gasteiger partial charge in [-0.25, -0.2) is 0 Å². The van der Waals surface area contributed by atoms with Crippen LogP contribution in [0, 0.1) is 0 Å². The zero-order valence-electron chi connectivity index (χ0n) is 14.4. The van der Waals surface area contributed by atoms with Crippen molar-refractivity contribution in [2.45, 2.75) is 25.7 Å². The topological polar surface area (TPSA) is 44.6 Å². The largest absolute Gasteiger partial charge is 0.862 e. The molecular formula is C17H26Br2N2O2. The summed E-state index contributed by atoms with van der Waals surface area (Å²) >= 11 is 6.89. The Bertz CT molecular complexity index is 517. The van der Waals surface area contributed by atoms with E-state index in [1.165, 1.54) is 6.42 Å². The molecule has 1 aromatic rings. The number of nitrogens with zero attached hydrogens (tertiary/aromatic N) is 2. The molecule has 0 aromatic heterocycles. The van der Waals surface area contributed by atoms with Crippen molar-refractivity contribution in [1.82, 2.24) is 0 Å². The Kier molecular flexibility index (Phi) is 8.58. The number of unbranched alkanes of at least 4 members (excludes halogenated alkanes) is 2. The van der Waals surface area contributed by atoms with Gasteiger partial charge < -0.3 is 19.3 Å². The first-order valence-corrected chi connectivity index (χ1v) is 9.34. The lowest BCUT2D eigenvalue weighted by Crippen LogP contribution is -2.35. The van der Waals surface area contributed by atoms with Gasteiger partial charge >= 0.3 is 0 Å². The first-order valence-electron chi connectivity index (χ1n) is 7.75. The van der Waals surface area contributed by atoms with Crippen LogP contribution in [-0.2, 0) is 6.42 Å². The fourth-order valence-electron chi connectivity index (χ4n) is 2.22. The highest BCUT2D eigenvalue weighted by molar-refractivity contribution is 9.11. The molecule has 4 nitrogen and oxygen atoms in total. The van der Waals surface area contributed by atoms with Gasteiger partial charge in [0, 0.05) is 13.0 Å². The fourth-order valence-corrected chi connectivity index (χ4v) is 3.82. The number of benzene rings is 1. The average molecular weight is 450 g/mol. The molecule has 0 aliphatic heterocycles. The zero-order valence-corrected chi connectivity index (χ0v) is 17.5. The lowest BCUT2D eigenvalue weighted by molar-refractivity contribution is -0.870. The van der Waals surface area contributed by atoms with Crippen LogP contribution >= 0.6 is 31.9 Å². The van der Waals surface area contributed by atoms with E-state index in [4.69, 9.17) is 4.74 Å². The first-order chi connectivity index (χ1) is 10.7. The van der Waals surface area contributed by atoms with Crippen LogP contribution in [0.4, 0.5) is 0 Å². The minimum atomic E-state index is -0.0689. The van der Waals surface area contributed by atoms with E-state index in [0.29, 0.717) is 13.0 Å². The number of quaternary nitrogens is 1. The molecule has 0 heterocycles. The summed E-state index contributed by atoms with van der Waals surface area (Å²) in [6.07, 6.45) is 3.58. The molecule has 1 aromatic carbocycles. The Morgan fingerprint density at radius 1 is 1.13 bits per heavy atom. The van der Waals surface area contributed by atoms with Gasteiger partial charge in [-0.3, -0.25) is 0 Å². The zero-order chi connectivity index (χ0) is 17.5. The van der Waals surface area contributed by atoms with Gasteiger partial charge in [0.05, 0.1) is 43.7 Å². The molecule has 0 aliphatic carbocycles. The summed E-state index contributed by atoms with van der Waals surface area (Å²) in [7, 11) is 8.20. The highest BCUT2D eigenvalue weighted by Gasteiger charge is 2.08. The van der Waals surface area contributed by atoms with Crippen molar-refractivity contribution in [3.63, 3.8) is 0 Å². The molecule has 0 unspecified atom stereocenters. The molecule has 0 aliphatic rings. The maximum Gasteiger partial charge on any atom is 0.147 e. The van der Waals surface area contributed by atoms with Gasteiger partial charge in [0.2, 0.25) is 0 Å². The van der Waals surface area contributed by atoms with E-state index in [-0.39, 0.29) is 5.90 Å². The van der Waals surface area contributed by atoms with Gasteiger partial charge in [-0.2, -0.15) is 0 Å². The van der Waals surface area contributed by atoms with Crippen LogP contribution in [0.1, 0.15) is 24.8 Å². The monoisotopic (exact) mass is 448 g/mol. The van der Waals surface area contributed by atoms with E-state index in [0.717, 1.165) is 44.1 Å². The molecule has 0 amide bonds. The normalized spacial score (nSPS) is 12.5. The van der Waals surface area contributed by atoms with Crippen LogP contribution in [0.3, 0.4) is 0 Å². The molecule has 130 valence electrons. The summed E-state index contributed by atoms with van der Waals surface area (Å²) in [5, 5.41) is 11.9. The Morgan fingerprint density at radius 3 is 2.26 bits per heavy atom. The van der Waals surface area contributed by atoms with Crippen molar-refractivity contribution >= 4 is 37.8 Å². The van der Waals surface area contributed by atoms with Crippen LogP contribution < -0.4 is 9.84 Å². The summed E-state index contributed by atoms with van der Waals surface area (Å²) in [5.41, 5.74) is 0.920. The highest BCUT2D eigenvalue weighted by Crippen LogP contribution is 2.34. The Balaban J connectivity index is 2.42. The van der Waals surface area contributed by atoms with Crippen molar-refractivity contribution in [3.05, 3.63) is 26.6 Å². The summed E-state index contributed by atoms with van der Waals surface area (Å²) in [6.45, 7) is 1.77. The maximum absolute atomic E-state index is 11.9. The van der Waals surface area contributed by atoms with Gasteiger partial charge in [-0.1, -0.05) is 0 Å². The smallest absolute Gasteiger partial charge is 0.147 e. The quantitative estimate of drug-likeness (QED) is 0.251. The van der Waals surface area contributed by atoms with Gasteiger partial charge in [0.25, 0.3) is 0 Å². The van der Waals surface area contributed by atoms with Crippen LogP contribution in [-0.4, -0.2) is 51.7 Å². The number of hydrogen-bond acceptors (Lipinski definition) is 3. The third kappa shape index (κ3) is 8.18. The van der Waals surface area contributed by atoms with Gasteiger partial charge in [0.15, 0.2) is 0 Å². The van der Waals surface area contributed by atoms with Crippen molar-refractivity contribution in [1.29, 1.82) is 0 Å². The van der Waals surface area contributed by atoms with Crippen molar-refractivity contribution < 1.29 is 14.3 Å². The summed E-state index contributed by atoms with van der Waals surface area (Å²) in [6, 6.07) is 3.80. The molecular weight excluding hydrogens is 424 g/mol. The van der Waals surface area contributed by atoms with E-state index in [1.54, 1.807) is 7.11 Å². The second-order valence-corrected chi connectivity index (χ2v) is 8.33. The molecule has 0 saturated heterocycles. The second kappa shape index (κ2) is 9.64. The number of rotatable bonds is 9. The van der Waals surface area contributed by atoms with E-state index in [2.05, 4.69) is 58.0 Å². The Morgan fingerprint density at radius 2 is 1.74 bits per heavy atom. The van der Waals surface area contributed by atoms with E-state index >= 15 is 0 Å². The van der Waals surface area contributed by atoms with Crippen molar-refractivity contribution in [2.24, 2.45) is 4.99 Å². The van der Waals surface area contributed by atoms with Crippen molar-refractivity contribution in [3.8, 4) is 5.75 Å². The number of hydrogen-bond donors (Lipinski definition) is 0. The average Bonchev–Trinajstić information content (AvgIpc) is 2.41. The van der Waals surface area contributed by atoms with E-state index in [1.807, 2.05) is 12.1 Å². The van der Waals surface area contributed by atoms with Gasteiger partial charge in [-0.15, -0.1) is 0 Å². The minimum absolute atomic E-state index is 0.0689. The molecule has 6 heteroatoms. The number of halogens is 2. The lowest BCUT2D eigenvalue weighted by Gasteiger charge is -2.23. The minimum Gasteiger partial charge on any atom is -0.862 e. The number of methoxy groups -OCH3 is 1. The predicted molar refractivity (Wildman–Crippen MR) is 101 cm³/mol. The maximum atomic E-state index is 11.9. The summed E-state index contributed by atoms with van der Waals surface area (Å²) in [5.74, 6) is 0.663. The van der Waals surface area contributed by atoms with E-state index < -0.39 is 0 Å². The second-order valence-electron chi connectivity index (χ2n) is 6.62. The highest BCUT2D eigenvalue weighted by atomic mass is 79.9. The van der Waals surface area contributed by atoms with E-state index in [9.17, 15) is 5.11 Å². The van der Waals surface area contributed by atoms with Crippen LogP contribution in [0.2, 0.25) is 0 Å². The van der Waals surface area contributed by atoms with Gasteiger partial charge in [0.1, 0.15) is 5.75 Å². The molecule has 0 radical (unpaired) electrons. The molecule has 0 N–H and O–H groups in total. The first kappa shape index (κ1) is 20.5. The van der Waals surface area contributed by atoms with Crippen LogP contribution in [0.25, 0.3) is 0 Å². The van der Waals surface area contributed by atoms with Crippen molar-refractivity contribution in [2.75, 3.05) is 41.3 Å². The van der Waals surface area contributed by atoms with Gasteiger partial charge in [-0.05, 0) is 74.7 Å². The summed E-state index contributed by atoms with van der Waals surface area (Å²) in [4.78, 5) is 4.15.